The summed E-state index contributed by atoms with van der Waals surface area (Å²) >= 11 is 0. The van der Waals surface area contributed by atoms with Gasteiger partial charge in [-0.15, -0.1) is 0 Å². The zero-order valence-corrected chi connectivity index (χ0v) is 38.4. The van der Waals surface area contributed by atoms with Crippen LogP contribution in [0.25, 0.3) is 0 Å². The maximum Gasteiger partial charge on any atom is 0.0716 e. The average Bonchev–Trinajstić information content (AvgIpc) is 3.66. The second-order valence-corrected chi connectivity index (χ2v) is 18.9. The molecule has 0 atom stereocenters. The highest BCUT2D eigenvalue weighted by molar-refractivity contribution is 5.83. The van der Waals surface area contributed by atoms with Crippen LogP contribution >= 0.6 is 0 Å². The van der Waals surface area contributed by atoms with Gasteiger partial charge in [-0.05, 0) is 109 Å². The predicted molar refractivity (Wildman–Crippen MR) is 268 cm³/mol. The minimum Gasteiger partial charge on any atom is -0.392 e. The molecule has 0 amide bonds. The Morgan fingerprint density at radius 1 is 0.453 bits per heavy atom. The van der Waals surface area contributed by atoms with Gasteiger partial charge in [0.15, 0.2) is 0 Å². The summed E-state index contributed by atoms with van der Waals surface area (Å²) in [6, 6.07) is 56.0. The molecule has 0 bridgehead atoms. The minimum atomic E-state index is -0.723. The fourth-order valence-corrected chi connectivity index (χ4v) is 10.5. The number of rotatable bonds is 14. The van der Waals surface area contributed by atoms with Gasteiger partial charge in [0.05, 0.1) is 12.2 Å². The number of hydrogen-bond donors (Lipinski definition) is 2. The van der Waals surface area contributed by atoms with Gasteiger partial charge in [0.25, 0.3) is 0 Å². The van der Waals surface area contributed by atoms with E-state index in [1.807, 2.05) is 0 Å². The van der Waals surface area contributed by atoms with Gasteiger partial charge in [0.1, 0.15) is 0 Å². The third-order valence-corrected chi connectivity index (χ3v) is 14.1. The summed E-state index contributed by atoms with van der Waals surface area (Å²) in [6.45, 7) is 15.4. The molecule has 6 aromatic rings. The number of aliphatic hydroxyl groups excluding tert-OH is 2. The Bertz CT molecular complexity index is 2340. The summed E-state index contributed by atoms with van der Waals surface area (Å²) in [6.07, 6.45) is 7.20. The van der Waals surface area contributed by atoms with Crippen LogP contribution in [0.2, 0.25) is 0 Å². The summed E-state index contributed by atoms with van der Waals surface area (Å²) in [4.78, 5) is 9.56. The van der Waals surface area contributed by atoms with Crippen LogP contribution in [0.1, 0.15) is 78.4 Å². The molecule has 2 N–H and O–H groups in total. The first-order valence-electron chi connectivity index (χ1n) is 23.5. The first kappa shape index (κ1) is 43.2. The van der Waals surface area contributed by atoms with Crippen molar-refractivity contribution in [2.75, 3.05) is 32.7 Å². The largest absolute Gasteiger partial charge is 0.392 e. The van der Waals surface area contributed by atoms with Crippen LogP contribution in [0.3, 0.4) is 0 Å². The minimum absolute atomic E-state index is 0.363. The van der Waals surface area contributed by atoms with Gasteiger partial charge in [0, 0.05) is 92.6 Å². The number of aliphatic hydroxyl groups is 2. The Kier molecular flexibility index (Phi) is 12.0. The molecule has 6 aromatic carbocycles. The van der Waals surface area contributed by atoms with E-state index in [0.717, 1.165) is 84.3 Å². The van der Waals surface area contributed by atoms with E-state index in [1.54, 1.807) is 0 Å². The Morgan fingerprint density at radius 3 is 1.06 bits per heavy atom. The van der Waals surface area contributed by atoms with Crippen LogP contribution in [0.15, 0.2) is 181 Å². The maximum atomic E-state index is 12.2. The zero-order chi connectivity index (χ0) is 44.6. The first-order valence-corrected chi connectivity index (χ1v) is 23.5. The monoisotopic (exact) mass is 849 g/mol. The van der Waals surface area contributed by atoms with Crippen molar-refractivity contribution < 1.29 is 10.2 Å². The molecule has 1 fully saturated rings. The molecule has 0 radical (unpaired) electrons. The van der Waals surface area contributed by atoms with Crippen molar-refractivity contribution in [3.8, 4) is 0 Å². The second-order valence-electron chi connectivity index (χ2n) is 18.9. The van der Waals surface area contributed by atoms with Crippen LogP contribution < -0.4 is 19.6 Å². The lowest BCUT2D eigenvalue weighted by atomic mass is 9.66. The number of anilines is 8. The molecular weight excluding hydrogens is 785 g/mol. The van der Waals surface area contributed by atoms with E-state index in [9.17, 15) is 10.2 Å². The lowest BCUT2D eigenvalue weighted by molar-refractivity contribution is -0.111. The van der Waals surface area contributed by atoms with Crippen molar-refractivity contribution in [1.29, 1.82) is 0 Å². The van der Waals surface area contributed by atoms with E-state index < -0.39 is 24.0 Å². The summed E-state index contributed by atoms with van der Waals surface area (Å²) in [5.74, 6) is -0.792. The maximum absolute atomic E-state index is 12.2. The molecule has 2 heterocycles. The van der Waals surface area contributed by atoms with E-state index in [2.05, 4.69) is 231 Å². The molecule has 0 aromatic heterocycles. The zero-order valence-electron chi connectivity index (χ0n) is 38.4. The van der Waals surface area contributed by atoms with Gasteiger partial charge in [0.2, 0.25) is 0 Å². The van der Waals surface area contributed by atoms with Crippen LogP contribution in [0.5, 0.6) is 0 Å². The molecule has 1 saturated carbocycles. The quantitative estimate of drug-likeness (QED) is 0.114. The van der Waals surface area contributed by atoms with Crippen LogP contribution in [0, 0.1) is 11.8 Å². The molecular formula is C58H64N4O2. The molecule has 1 aliphatic carbocycles. The predicted octanol–water partition coefficient (Wildman–Crippen LogP) is 13.9. The third-order valence-electron chi connectivity index (χ3n) is 14.1. The van der Waals surface area contributed by atoms with E-state index in [0.29, 0.717) is 0 Å². The standard InChI is InChI=1S/C58H64N4O2/c1-7-9-35-59-51-33-31-45(61(41-23-15-11-16-24-41)42-25-17-12-18-26-42)37-49(51)57(3,4)53(59)39-47-55(63)48(56(47)64)40-54-58(5,6)50-38-46(32-34-52(50)60(54)36-10-8-2)62(43-27-19-13-20-28-43)44-29-21-14-22-30-44/h11-34,37-40,47-48,55-56,63-64H,7-10,35-36H2,1-6H3/b53-39+,54-40+. The average molecular weight is 849 g/mol. The Morgan fingerprint density at radius 2 is 0.766 bits per heavy atom. The van der Waals surface area contributed by atoms with Crippen molar-refractivity contribution in [2.24, 2.45) is 11.8 Å². The number of nitrogens with zero attached hydrogens (tertiary/aromatic N) is 4. The molecule has 328 valence electrons. The number of hydrogen-bond acceptors (Lipinski definition) is 6. The van der Waals surface area contributed by atoms with E-state index >= 15 is 0 Å². The molecule has 0 spiro atoms. The van der Waals surface area contributed by atoms with E-state index in [4.69, 9.17) is 0 Å². The Labute approximate surface area is 381 Å². The number of unbranched alkanes of at least 4 members (excludes halogenated alkanes) is 2. The van der Waals surface area contributed by atoms with Crippen LogP contribution in [-0.2, 0) is 10.8 Å². The molecule has 9 rings (SSSR count). The highest BCUT2D eigenvalue weighted by Gasteiger charge is 2.51. The van der Waals surface area contributed by atoms with Gasteiger partial charge in [-0.25, -0.2) is 0 Å². The third kappa shape index (κ3) is 7.71. The molecule has 6 nitrogen and oxygen atoms in total. The van der Waals surface area contributed by atoms with Crippen molar-refractivity contribution in [3.63, 3.8) is 0 Å². The topological polar surface area (TPSA) is 53.4 Å². The number of allylic oxidation sites excluding steroid dienone is 2. The van der Waals surface area contributed by atoms with Gasteiger partial charge in [-0.3, -0.25) is 0 Å². The summed E-state index contributed by atoms with van der Waals surface area (Å²) < 4.78 is 0. The first-order chi connectivity index (χ1) is 31.0. The second kappa shape index (κ2) is 17.8. The Hall–Kier alpha value is -6.08. The lowest BCUT2D eigenvalue weighted by Gasteiger charge is -2.46. The van der Waals surface area contributed by atoms with E-state index in [1.165, 1.54) is 22.5 Å². The Balaban J connectivity index is 1.04. The summed E-state index contributed by atoms with van der Waals surface area (Å²) in [5.41, 5.74) is 13.1. The molecule has 3 aliphatic rings. The molecule has 64 heavy (non-hydrogen) atoms. The van der Waals surface area contributed by atoms with Crippen molar-refractivity contribution in [1.82, 2.24) is 0 Å². The van der Waals surface area contributed by atoms with Gasteiger partial charge in [-0.2, -0.15) is 0 Å². The van der Waals surface area contributed by atoms with Crippen molar-refractivity contribution in [3.05, 3.63) is 192 Å². The SMILES string of the molecule is CCCCN1/C(=C/C2C(O)C(/C=C3/N(CCCC)c4ccc(N(c5ccccc5)c5ccccc5)cc4C3(C)C)C2O)C(C)(C)c2cc(N(c3ccccc3)c3ccccc3)ccc21. The summed E-state index contributed by atoms with van der Waals surface area (Å²) in [5, 5.41) is 24.4. The van der Waals surface area contributed by atoms with Crippen LogP contribution in [0.4, 0.5) is 45.5 Å². The van der Waals surface area contributed by atoms with Gasteiger partial charge in [-0.1, -0.05) is 139 Å². The molecule has 2 aliphatic heterocycles. The highest BCUT2D eigenvalue weighted by atomic mass is 16.3. The van der Waals surface area contributed by atoms with Crippen molar-refractivity contribution in [2.45, 2.75) is 90.3 Å². The summed E-state index contributed by atoms with van der Waals surface area (Å²) in [7, 11) is 0. The number of para-hydroxylation sites is 4. The fourth-order valence-electron chi connectivity index (χ4n) is 10.5. The number of fused-ring (bicyclic) bond motifs is 2. The number of benzene rings is 6. The fraction of sp³-hybridized carbons (Fsp3) is 0.310. The molecule has 0 saturated heterocycles. The van der Waals surface area contributed by atoms with Crippen molar-refractivity contribution >= 4 is 45.5 Å². The smallest absolute Gasteiger partial charge is 0.0716 e. The van der Waals surface area contributed by atoms with Gasteiger partial charge >= 0.3 is 0 Å². The van der Waals surface area contributed by atoms with E-state index in [-0.39, 0.29) is 10.8 Å². The van der Waals surface area contributed by atoms with Gasteiger partial charge < -0.3 is 29.8 Å². The van der Waals surface area contributed by atoms with Crippen LogP contribution in [-0.4, -0.2) is 35.5 Å². The molecule has 6 heteroatoms. The molecule has 0 unspecified atom stereocenters. The normalized spacial score (nSPS) is 21.8. The highest BCUT2D eigenvalue weighted by Crippen LogP contribution is 2.54. The lowest BCUT2D eigenvalue weighted by Crippen LogP contribution is -2.54.